The average Bonchev–Trinajstić information content (AvgIpc) is 2.60. The highest BCUT2D eigenvalue weighted by molar-refractivity contribution is 5.94. The number of hydrogen-bond acceptors (Lipinski definition) is 2. The summed E-state index contributed by atoms with van der Waals surface area (Å²) >= 11 is 0. The summed E-state index contributed by atoms with van der Waals surface area (Å²) in [6.45, 7) is 3.93. The summed E-state index contributed by atoms with van der Waals surface area (Å²) in [6, 6.07) is 14.0. The smallest absolute Gasteiger partial charge is 0.253 e. The monoisotopic (exact) mass is 327 g/mol. The van der Waals surface area contributed by atoms with E-state index in [0.29, 0.717) is 18.7 Å². The molecule has 0 bridgehead atoms. The third-order valence-electron chi connectivity index (χ3n) is 4.32. The second-order valence-corrected chi connectivity index (χ2v) is 6.32. The third-order valence-corrected chi connectivity index (χ3v) is 4.32. The third kappa shape index (κ3) is 4.20. The molecule has 126 valence electrons. The number of ether oxygens (including phenoxy) is 1. The first kappa shape index (κ1) is 16.7. The van der Waals surface area contributed by atoms with Crippen molar-refractivity contribution >= 4 is 5.91 Å². The van der Waals surface area contributed by atoms with Crippen molar-refractivity contribution in [2.24, 2.45) is 0 Å². The number of nitrogens with zero attached hydrogens (tertiary/aromatic N) is 1. The summed E-state index contributed by atoms with van der Waals surface area (Å²) < 4.78 is 19.0. The highest BCUT2D eigenvalue weighted by Gasteiger charge is 2.25. The zero-order valence-corrected chi connectivity index (χ0v) is 13.9. The first-order chi connectivity index (χ1) is 11.6. The summed E-state index contributed by atoms with van der Waals surface area (Å²) in [5.41, 5.74) is 2.89. The Hall–Kier alpha value is -2.20. The van der Waals surface area contributed by atoms with Crippen molar-refractivity contribution in [1.82, 2.24) is 4.90 Å². The van der Waals surface area contributed by atoms with Crippen molar-refractivity contribution in [3.05, 3.63) is 71.0 Å². The van der Waals surface area contributed by atoms with E-state index in [-0.39, 0.29) is 17.8 Å². The molecular weight excluding hydrogens is 305 g/mol. The standard InChI is InChI=1S/C20H22FNO2/c1-15-4-2-5-16(12-15)14-24-19-6-3-11-22(13-19)20(23)17-7-9-18(21)10-8-17/h2,4-5,7-10,12,19H,3,6,11,13-14H2,1H3. The zero-order valence-electron chi connectivity index (χ0n) is 13.9. The van der Waals surface area contributed by atoms with Crippen LogP contribution in [0.15, 0.2) is 48.5 Å². The molecule has 1 aliphatic rings. The maximum atomic E-state index is 13.0. The van der Waals surface area contributed by atoms with E-state index >= 15 is 0 Å². The SMILES string of the molecule is Cc1cccc(COC2CCCN(C(=O)c3ccc(F)cc3)C2)c1. The summed E-state index contributed by atoms with van der Waals surface area (Å²) in [5, 5.41) is 0. The van der Waals surface area contributed by atoms with E-state index < -0.39 is 0 Å². The van der Waals surface area contributed by atoms with Gasteiger partial charge < -0.3 is 9.64 Å². The van der Waals surface area contributed by atoms with Crippen molar-refractivity contribution in [3.63, 3.8) is 0 Å². The van der Waals surface area contributed by atoms with Gasteiger partial charge in [-0.05, 0) is 49.6 Å². The number of likely N-dealkylation sites (tertiary alicyclic amines) is 1. The predicted molar refractivity (Wildman–Crippen MR) is 91.3 cm³/mol. The normalized spacial score (nSPS) is 17.8. The molecule has 2 aromatic rings. The van der Waals surface area contributed by atoms with E-state index in [2.05, 4.69) is 25.1 Å². The molecule has 0 radical (unpaired) electrons. The Bertz CT molecular complexity index is 699. The van der Waals surface area contributed by atoms with Gasteiger partial charge in [0.15, 0.2) is 0 Å². The van der Waals surface area contributed by atoms with Crippen molar-refractivity contribution in [2.75, 3.05) is 13.1 Å². The first-order valence-electron chi connectivity index (χ1n) is 8.34. The number of halogens is 1. The van der Waals surface area contributed by atoms with Crippen LogP contribution in [0.2, 0.25) is 0 Å². The number of carbonyl (C=O) groups is 1. The molecule has 3 rings (SSSR count). The quantitative estimate of drug-likeness (QED) is 0.851. The minimum atomic E-state index is -0.329. The summed E-state index contributed by atoms with van der Waals surface area (Å²) in [7, 11) is 0. The number of aryl methyl sites for hydroxylation is 1. The minimum absolute atomic E-state index is 0.0451. The molecule has 0 N–H and O–H groups in total. The van der Waals surface area contributed by atoms with Crippen LogP contribution in [0.5, 0.6) is 0 Å². The molecule has 1 heterocycles. The Labute approximate surface area is 142 Å². The van der Waals surface area contributed by atoms with Gasteiger partial charge in [0, 0.05) is 18.7 Å². The second-order valence-electron chi connectivity index (χ2n) is 6.32. The molecule has 1 unspecified atom stereocenters. The molecule has 4 heteroatoms. The summed E-state index contributed by atoms with van der Waals surface area (Å²) in [6.07, 6.45) is 1.92. The van der Waals surface area contributed by atoms with Gasteiger partial charge in [0.25, 0.3) is 5.91 Å². The molecule has 0 aliphatic carbocycles. The highest BCUT2D eigenvalue weighted by Crippen LogP contribution is 2.18. The molecule has 0 aromatic heterocycles. The van der Waals surface area contributed by atoms with Crippen LogP contribution in [0, 0.1) is 12.7 Å². The molecule has 3 nitrogen and oxygen atoms in total. The molecule has 0 saturated carbocycles. The van der Waals surface area contributed by atoms with Crippen LogP contribution in [0.25, 0.3) is 0 Å². The molecule has 2 aromatic carbocycles. The Morgan fingerprint density at radius 3 is 2.79 bits per heavy atom. The largest absolute Gasteiger partial charge is 0.372 e. The molecule has 24 heavy (non-hydrogen) atoms. The van der Waals surface area contributed by atoms with Gasteiger partial charge in [0.1, 0.15) is 5.82 Å². The molecule has 1 atom stereocenters. The predicted octanol–water partition coefficient (Wildman–Crippen LogP) is 3.96. The van der Waals surface area contributed by atoms with E-state index in [1.54, 1.807) is 4.90 Å². The maximum absolute atomic E-state index is 13.0. The Morgan fingerprint density at radius 1 is 1.25 bits per heavy atom. The second kappa shape index (κ2) is 7.58. The Balaban J connectivity index is 1.57. The van der Waals surface area contributed by atoms with Crippen molar-refractivity contribution in [2.45, 2.75) is 32.5 Å². The summed E-state index contributed by atoms with van der Waals surface area (Å²) in [5.74, 6) is -0.386. The van der Waals surface area contributed by atoms with E-state index in [4.69, 9.17) is 4.74 Å². The zero-order chi connectivity index (χ0) is 16.9. The van der Waals surface area contributed by atoms with Crippen LogP contribution in [0.3, 0.4) is 0 Å². The van der Waals surface area contributed by atoms with Crippen LogP contribution in [-0.4, -0.2) is 30.0 Å². The van der Waals surface area contributed by atoms with Gasteiger partial charge in [-0.3, -0.25) is 4.79 Å². The van der Waals surface area contributed by atoms with Gasteiger partial charge in [0.2, 0.25) is 0 Å². The maximum Gasteiger partial charge on any atom is 0.253 e. The van der Waals surface area contributed by atoms with Gasteiger partial charge in [-0.15, -0.1) is 0 Å². The first-order valence-corrected chi connectivity index (χ1v) is 8.34. The fourth-order valence-electron chi connectivity index (χ4n) is 3.05. The molecular formula is C20H22FNO2. The molecule has 0 spiro atoms. The topological polar surface area (TPSA) is 29.5 Å². The van der Waals surface area contributed by atoms with E-state index in [0.717, 1.165) is 24.9 Å². The minimum Gasteiger partial charge on any atom is -0.372 e. The lowest BCUT2D eigenvalue weighted by molar-refractivity contribution is -0.00674. The van der Waals surface area contributed by atoms with E-state index in [1.807, 2.05) is 6.07 Å². The number of piperidine rings is 1. The Morgan fingerprint density at radius 2 is 2.04 bits per heavy atom. The van der Waals surface area contributed by atoms with Crippen LogP contribution in [-0.2, 0) is 11.3 Å². The fraction of sp³-hybridized carbons (Fsp3) is 0.350. The summed E-state index contributed by atoms with van der Waals surface area (Å²) in [4.78, 5) is 14.3. The number of amides is 1. The Kier molecular flexibility index (Phi) is 5.26. The van der Waals surface area contributed by atoms with Crippen molar-refractivity contribution in [1.29, 1.82) is 0 Å². The van der Waals surface area contributed by atoms with Crippen LogP contribution >= 0.6 is 0 Å². The average molecular weight is 327 g/mol. The number of benzene rings is 2. The molecule has 1 fully saturated rings. The van der Waals surface area contributed by atoms with Gasteiger partial charge in [-0.25, -0.2) is 4.39 Å². The molecule has 1 amide bonds. The van der Waals surface area contributed by atoms with E-state index in [9.17, 15) is 9.18 Å². The molecule has 1 aliphatic heterocycles. The number of rotatable bonds is 4. The van der Waals surface area contributed by atoms with Crippen molar-refractivity contribution in [3.8, 4) is 0 Å². The van der Waals surface area contributed by atoms with Crippen molar-refractivity contribution < 1.29 is 13.9 Å². The number of carbonyl (C=O) groups excluding carboxylic acids is 1. The number of hydrogen-bond donors (Lipinski definition) is 0. The lowest BCUT2D eigenvalue weighted by Gasteiger charge is -2.32. The van der Waals surface area contributed by atoms with Crippen LogP contribution in [0.1, 0.15) is 34.3 Å². The lowest BCUT2D eigenvalue weighted by atomic mass is 10.1. The van der Waals surface area contributed by atoms with Gasteiger partial charge in [-0.1, -0.05) is 29.8 Å². The van der Waals surface area contributed by atoms with E-state index in [1.165, 1.54) is 29.8 Å². The van der Waals surface area contributed by atoms with Crippen LogP contribution < -0.4 is 0 Å². The van der Waals surface area contributed by atoms with Gasteiger partial charge in [0.05, 0.1) is 12.7 Å². The van der Waals surface area contributed by atoms with Gasteiger partial charge >= 0.3 is 0 Å². The van der Waals surface area contributed by atoms with Crippen LogP contribution in [0.4, 0.5) is 4.39 Å². The molecule has 1 saturated heterocycles. The highest BCUT2D eigenvalue weighted by atomic mass is 19.1. The fourth-order valence-corrected chi connectivity index (χ4v) is 3.05. The lowest BCUT2D eigenvalue weighted by Crippen LogP contribution is -2.43. The van der Waals surface area contributed by atoms with Gasteiger partial charge in [-0.2, -0.15) is 0 Å².